The van der Waals surface area contributed by atoms with Crippen molar-refractivity contribution >= 4 is 25.4 Å². The van der Waals surface area contributed by atoms with Crippen molar-refractivity contribution in [2.45, 2.75) is 11.5 Å². The number of aromatic amines is 1. The Morgan fingerprint density at radius 2 is 2.00 bits per heavy atom. The highest BCUT2D eigenvalue weighted by Crippen LogP contribution is 2.24. The first-order chi connectivity index (χ1) is 7.66. The highest BCUT2D eigenvalue weighted by Gasteiger charge is 2.31. The SMILES string of the molecule is O=c1c(C(F)F)c[nH]c(S(=O)(=O)Cl)c1[N+](=O)[O-]. The number of H-pyrrole nitrogens is 1. The molecule has 0 saturated carbocycles. The standard InChI is InChI=1S/C6H3ClF2N2O5S/c7-17(15,16)6-3(11(13)14)4(12)2(1-10-6)5(8)9/h1,5H,(H,10,12). The summed E-state index contributed by atoms with van der Waals surface area (Å²) in [5.41, 5.74) is -4.43. The monoisotopic (exact) mass is 288 g/mol. The molecule has 1 heterocycles. The molecule has 1 aromatic heterocycles. The van der Waals surface area contributed by atoms with Crippen LogP contribution in [0.1, 0.15) is 12.0 Å². The predicted molar refractivity (Wildman–Crippen MR) is 51.7 cm³/mol. The number of hydrogen-bond acceptors (Lipinski definition) is 5. The number of nitro groups is 1. The minimum Gasteiger partial charge on any atom is -0.345 e. The fraction of sp³-hybridized carbons (Fsp3) is 0.167. The van der Waals surface area contributed by atoms with E-state index in [1.54, 1.807) is 4.98 Å². The molecule has 0 saturated heterocycles. The molecule has 0 atom stereocenters. The molecule has 0 bridgehead atoms. The third kappa shape index (κ3) is 2.58. The molecule has 0 spiro atoms. The van der Waals surface area contributed by atoms with Gasteiger partial charge in [0, 0.05) is 16.9 Å². The summed E-state index contributed by atoms with van der Waals surface area (Å²) in [6.07, 6.45) is -2.90. The van der Waals surface area contributed by atoms with E-state index in [0.29, 0.717) is 6.20 Å². The highest BCUT2D eigenvalue weighted by molar-refractivity contribution is 8.13. The summed E-state index contributed by atoms with van der Waals surface area (Å²) >= 11 is 0. The van der Waals surface area contributed by atoms with Gasteiger partial charge in [-0.3, -0.25) is 14.9 Å². The number of halogens is 3. The van der Waals surface area contributed by atoms with Crippen LogP contribution in [0, 0.1) is 10.1 Å². The fourth-order valence-corrected chi connectivity index (χ4v) is 1.98. The number of alkyl halides is 2. The second-order valence-electron chi connectivity index (χ2n) is 2.75. The molecule has 0 radical (unpaired) electrons. The largest absolute Gasteiger partial charge is 0.353 e. The lowest BCUT2D eigenvalue weighted by atomic mass is 10.2. The third-order valence-electron chi connectivity index (χ3n) is 1.71. The molecule has 0 aliphatic rings. The Labute approximate surface area is 96.6 Å². The molecule has 17 heavy (non-hydrogen) atoms. The van der Waals surface area contributed by atoms with Crippen molar-refractivity contribution in [1.82, 2.24) is 4.98 Å². The molecule has 7 nitrogen and oxygen atoms in total. The number of pyridine rings is 1. The first-order valence-electron chi connectivity index (χ1n) is 3.79. The van der Waals surface area contributed by atoms with Crippen molar-refractivity contribution in [3.05, 3.63) is 32.1 Å². The summed E-state index contributed by atoms with van der Waals surface area (Å²) in [6, 6.07) is 0. The second kappa shape index (κ2) is 4.37. The van der Waals surface area contributed by atoms with Crippen molar-refractivity contribution in [1.29, 1.82) is 0 Å². The summed E-state index contributed by atoms with van der Waals surface area (Å²) < 4.78 is 46.3. The third-order valence-corrected chi connectivity index (χ3v) is 2.97. The topological polar surface area (TPSA) is 110 Å². The van der Waals surface area contributed by atoms with Gasteiger partial charge in [0.1, 0.15) is 0 Å². The first-order valence-corrected chi connectivity index (χ1v) is 6.10. The van der Waals surface area contributed by atoms with E-state index >= 15 is 0 Å². The van der Waals surface area contributed by atoms with E-state index in [1.807, 2.05) is 0 Å². The van der Waals surface area contributed by atoms with Crippen LogP contribution in [-0.2, 0) is 9.05 Å². The van der Waals surface area contributed by atoms with Crippen molar-refractivity contribution in [2.24, 2.45) is 0 Å². The lowest BCUT2D eigenvalue weighted by Gasteiger charge is -2.02. The van der Waals surface area contributed by atoms with Crippen LogP contribution in [0.15, 0.2) is 16.0 Å². The molecule has 0 aromatic carbocycles. The zero-order valence-electron chi connectivity index (χ0n) is 7.69. The Morgan fingerprint density at radius 1 is 1.47 bits per heavy atom. The maximum absolute atomic E-state index is 12.3. The van der Waals surface area contributed by atoms with E-state index in [1.165, 1.54) is 0 Å². The van der Waals surface area contributed by atoms with Crippen molar-refractivity contribution < 1.29 is 22.1 Å². The van der Waals surface area contributed by atoms with E-state index in [-0.39, 0.29) is 0 Å². The van der Waals surface area contributed by atoms with Gasteiger partial charge in [0.15, 0.2) is 0 Å². The van der Waals surface area contributed by atoms with Crippen LogP contribution in [0.3, 0.4) is 0 Å². The van der Waals surface area contributed by atoms with Crippen molar-refractivity contribution in [2.75, 3.05) is 0 Å². The Bertz CT molecular complexity index is 626. The number of nitrogens with zero attached hydrogens (tertiary/aromatic N) is 1. The van der Waals surface area contributed by atoms with Gasteiger partial charge >= 0.3 is 5.69 Å². The molecule has 0 fully saturated rings. The van der Waals surface area contributed by atoms with Crippen LogP contribution in [0.2, 0.25) is 0 Å². The molecule has 0 amide bonds. The highest BCUT2D eigenvalue weighted by atomic mass is 35.7. The molecule has 94 valence electrons. The smallest absolute Gasteiger partial charge is 0.345 e. The van der Waals surface area contributed by atoms with Crippen molar-refractivity contribution in [3.8, 4) is 0 Å². The summed E-state index contributed by atoms with van der Waals surface area (Å²) in [4.78, 5) is 22.1. The molecule has 0 unspecified atom stereocenters. The van der Waals surface area contributed by atoms with Gasteiger partial charge in [-0.1, -0.05) is 0 Å². The van der Waals surface area contributed by atoms with Crippen molar-refractivity contribution in [3.63, 3.8) is 0 Å². The summed E-state index contributed by atoms with van der Waals surface area (Å²) in [6.45, 7) is 0. The number of rotatable bonds is 3. The average Bonchev–Trinajstić information content (AvgIpc) is 2.14. The van der Waals surface area contributed by atoms with Gasteiger partial charge in [-0.2, -0.15) is 0 Å². The normalized spacial score (nSPS) is 11.8. The molecule has 0 aliphatic carbocycles. The van der Waals surface area contributed by atoms with Crippen LogP contribution >= 0.6 is 10.7 Å². The maximum Gasteiger partial charge on any atom is 0.353 e. The molecular formula is C6H3ClF2N2O5S. The van der Waals surface area contributed by atoms with Gasteiger partial charge in [0.2, 0.25) is 5.03 Å². The number of nitrogens with one attached hydrogen (secondary N) is 1. The summed E-state index contributed by atoms with van der Waals surface area (Å²) in [5.74, 6) is 0. The van der Waals surface area contributed by atoms with Gasteiger partial charge in [0.05, 0.1) is 10.5 Å². The zero-order valence-corrected chi connectivity index (χ0v) is 9.26. The zero-order chi connectivity index (χ0) is 13.4. The molecule has 11 heteroatoms. The molecule has 0 aliphatic heterocycles. The Hall–Kier alpha value is -1.55. The minimum absolute atomic E-state index is 0.370. The Kier molecular flexibility index (Phi) is 3.48. The van der Waals surface area contributed by atoms with Crippen LogP contribution in [0.25, 0.3) is 0 Å². The van der Waals surface area contributed by atoms with Gasteiger partial charge in [-0.15, -0.1) is 0 Å². The summed E-state index contributed by atoms with van der Waals surface area (Å²) in [7, 11) is 0.208. The van der Waals surface area contributed by atoms with Crippen LogP contribution in [-0.4, -0.2) is 18.3 Å². The maximum atomic E-state index is 12.3. The van der Waals surface area contributed by atoms with Gasteiger partial charge in [0.25, 0.3) is 20.9 Å². The quantitative estimate of drug-likeness (QED) is 0.509. The molecule has 1 aromatic rings. The second-order valence-corrected chi connectivity index (χ2v) is 5.25. The summed E-state index contributed by atoms with van der Waals surface area (Å²) in [5, 5.41) is 9.26. The molecule has 1 rings (SSSR count). The van der Waals surface area contributed by atoms with Crippen LogP contribution in [0.5, 0.6) is 0 Å². The molecule has 1 N–H and O–H groups in total. The van der Waals surface area contributed by atoms with E-state index in [9.17, 15) is 32.1 Å². The Balaban J connectivity index is 3.76. The van der Waals surface area contributed by atoms with Crippen LogP contribution in [0.4, 0.5) is 14.5 Å². The van der Waals surface area contributed by atoms with Gasteiger partial charge in [-0.25, -0.2) is 17.2 Å². The molecular weight excluding hydrogens is 286 g/mol. The number of hydrogen-bond donors (Lipinski definition) is 1. The lowest BCUT2D eigenvalue weighted by Crippen LogP contribution is -2.18. The Morgan fingerprint density at radius 3 is 2.35 bits per heavy atom. The lowest BCUT2D eigenvalue weighted by molar-refractivity contribution is -0.389. The average molecular weight is 289 g/mol. The van der Waals surface area contributed by atoms with Crippen LogP contribution < -0.4 is 5.43 Å². The van der Waals surface area contributed by atoms with Gasteiger partial charge in [-0.05, 0) is 0 Å². The van der Waals surface area contributed by atoms with Gasteiger partial charge < -0.3 is 4.98 Å². The number of aromatic nitrogens is 1. The van der Waals surface area contributed by atoms with E-state index in [4.69, 9.17) is 10.7 Å². The van der Waals surface area contributed by atoms with E-state index in [0.717, 1.165) is 0 Å². The fourth-order valence-electron chi connectivity index (χ4n) is 1.03. The van der Waals surface area contributed by atoms with E-state index < -0.39 is 42.1 Å². The minimum atomic E-state index is -4.61. The van der Waals surface area contributed by atoms with E-state index in [2.05, 4.69) is 0 Å². The predicted octanol–water partition coefficient (Wildman–Crippen LogP) is 1.15. The first kappa shape index (κ1) is 13.5.